The van der Waals surface area contributed by atoms with Crippen LogP contribution in [0.4, 0.5) is 0 Å². The van der Waals surface area contributed by atoms with E-state index in [-0.39, 0.29) is 0 Å². The van der Waals surface area contributed by atoms with Crippen molar-refractivity contribution in [2.24, 2.45) is 7.05 Å². The molecule has 0 aliphatic carbocycles. The number of nitrogens with one attached hydrogen (secondary N) is 1. The third-order valence-corrected chi connectivity index (χ3v) is 3.14. The molecule has 1 saturated heterocycles. The fourth-order valence-corrected chi connectivity index (χ4v) is 2.16. The normalized spacial score (nSPS) is 20.6. The lowest BCUT2D eigenvalue weighted by Crippen LogP contribution is -2.28. The molecular formula is C11H15N5O. The van der Waals surface area contributed by atoms with Crippen molar-refractivity contribution < 1.29 is 4.52 Å². The minimum absolute atomic E-state index is 0.370. The van der Waals surface area contributed by atoms with E-state index in [0.29, 0.717) is 11.8 Å². The Morgan fingerprint density at radius 2 is 2.47 bits per heavy atom. The van der Waals surface area contributed by atoms with Gasteiger partial charge in [0.1, 0.15) is 5.69 Å². The van der Waals surface area contributed by atoms with E-state index in [9.17, 15) is 0 Å². The predicted molar refractivity (Wildman–Crippen MR) is 61.3 cm³/mol. The van der Waals surface area contributed by atoms with Gasteiger partial charge < -0.3 is 9.84 Å². The van der Waals surface area contributed by atoms with Gasteiger partial charge in [-0.3, -0.25) is 4.68 Å². The molecule has 1 atom stereocenters. The van der Waals surface area contributed by atoms with E-state index >= 15 is 0 Å². The molecule has 0 saturated carbocycles. The number of hydrogen-bond donors (Lipinski definition) is 1. The Morgan fingerprint density at radius 1 is 1.53 bits per heavy atom. The Morgan fingerprint density at radius 3 is 3.18 bits per heavy atom. The highest BCUT2D eigenvalue weighted by Crippen LogP contribution is 2.23. The zero-order valence-electron chi connectivity index (χ0n) is 9.76. The zero-order chi connectivity index (χ0) is 11.7. The number of aromatic nitrogens is 4. The fraction of sp³-hybridized carbons (Fsp3) is 0.545. The summed E-state index contributed by atoms with van der Waals surface area (Å²) in [6, 6.07) is 1.87. The minimum atomic E-state index is 0.370. The molecule has 1 N–H and O–H groups in total. The lowest BCUT2D eigenvalue weighted by molar-refractivity contribution is 0.391. The van der Waals surface area contributed by atoms with Gasteiger partial charge in [0, 0.05) is 25.7 Å². The molecule has 3 heterocycles. The first-order chi connectivity index (χ1) is 8.34. The van der Waals surface area contributed by atoms with Gasteiger partial charge in [-0.25, -0.2) is 0 Å². The molecule has 0 aromatic carbocycles. The molecule has 6 heteroatoms. The molecular weight excluding hydrogens is 218 g/mol. The van der Waals surface area contributed by atoms with Crippen molar-refractivity contribution in [3.8, 4) is 11.6 Å². The van der Waals surface area contributed by atoms with Crippen molar-refractivity contribution >= 4 is 0 Å². The first-order valence-corrected chi connectivity index (χ1v) is 5.87. The van der Waals surface area contributed by atoms with Crippen LogP contribution in [0.5, 0.6) is 0 Å². The van der Waals surface area contributed by atoms with Crippen LogP contribution in [0.3, 0.4) is 0 Å². The molecule has 0 spiro atoms. The summed E-state index contributed by atoms with van der Waals surface area (Å²) in [6.45, 7) is 2.02. The molecule has 1 aliphatic rings. The van der Waals surface area contributed by atoms with Crippen LogP contribution in [0, 0.1) is 0 Å². The monoisotopic (exact) mass is 233 g/mol. The van der Waals surface area contributed by atoms with Crippen LogP contribution in [0.2, 0.25) is 0 Å². The van der Waals surface area contributed by atoms with Crippen molar-refractivity contribution in [1.29, 1.82) is 0 Å². The molecule has 1 aliphatic heterocycles. The zero-order valence-corrected chi connectivity index (χ0v) is 9.76. The van der Waals surface area contributed by atoms with Crippen molar-refractivity contribution in [2.75, 3.05) is 13.1 Å². The Kier molecular flexibility index (Phi) is 2.64. The predicted octanol–water partition coefficient (Wildman–Crippen LogP) is 0.937. The average molecular weight is 233 g/mol. The summed E-state index contributed by atoms with van der Waals surface area (Å²) in [4.78, 5) is 4.46. The average Bonchev–Trinajstić information content (AvgIpc) is 2.98. The number of rotatable bonds is 2. The minimum Gasteiger partial charge on any atom is -0.332 e. The Balaban J connectivity index is 1.85. The highest BCUT2D eigenvalue weighted by atomic mass is 16.5. The standard InChI is InChI=1S/C11H15N5O/c1-16-9(4-6-13-16)11-14-10(15-17-11)8-3-2-5-12-7-8/h4,6,8,12H,2-3,5,7H2,1H3. The lowest BCUT2D eigenvalue weighted by Gasteiger charge is -2.19. The van der Waals surface area contributed by atoms with E-state index in [4.69, 9.17) is 4.52 Å². The van der Waals surface area contributed by atoms with Gasteiger partial charge in [0.25, 0.3) is 5.89 Å². The maximum atomic E-state index is 5.29. The summed E-state index contributed by atoms with van der Waals surface area (Å²) in [5.41, 5.74) is 0.854. The Bertz CT molecular complexity index is 497. The molecule has 2 aromatic rings. The second-order valence-corrected chi connectivity index (χ2v) is 4.34. The van der Waals surface area contributed by atoms with E-state index in [2.05, 4.69) is 20.6 Å². The van der Waals surface area contributed by atoms with E-state index in [0.717, 1.165) is 31.0 Å². The third kappa shape index (κ3) is 1.95. The molecule has 2 aromatic heterocycles. The molecule has 1 fully saturated rings. The van der Waals surface area contributed by atoms with Crippen LogP contribution in [-0.4, -0.2) is 33.0 Å². The Labute approximate surface area is 99.0 Å². The maximum Gasteiger partial charge on any atom is 0.276 e. The molecule has 3 rings (SSSR count). The van der Waals surface area contributed by atoms with E-state index in [1.807, 2.05) is 13.1 Å². The first-order valence-electron chi connectivity index (χ1n) is 5.87. The quantitative estimate of drug-likeness (QED) is 0.836. The largest absolute Gasteiger partial charge is 0.332 e. The van der Waals surface area contributed by atoms with E-state index < -0.39 is 0 Å². The molecule has 0 amide bonds. The molecule has 90 valence electrons. The van der Waals surface area contributed by atoms with Crippen molar-refractivity contribution in [3.05, 3.63) is 18.1 Å². The summed E-state index contributed by atoms with van der Waals surface area (Å²) < 4.78 is 7.03. The van der Waals surface area contributed by atoms with Crippen LogP contribution in [-0.2, 0) is 7.05 Å². The SMILES string of the molecule is Cn1nccc1-c1nc(C2CCCNC2)no1. The summed E-state index contributed by atoms with van der Waals surface area (Å²) >= 11 is 0. The van der Waals surface area contributed by atoms with Crippen LogP contribution in [0.15, 0.2) is 16.8 Å². The number of aryl methyl sites for hydroxylation is 1. The smallest absolute Gasteiger partial charge is 0.276 e. The maximum absolute atomic E-state index is 5.29. The molecule has 0 radical (unpaired) electrons. The van der Waals surface area contributed by atoms with Gasteiger partial charge >= 0.3 is 0 Å². The summed E-state index contributed by atoms with van der Waals surface area (Å²) in [5, 5.41) is 11.5. The number of piperidine rings is 1. The highest BCUT2D eigenvalue weighted by molar-refractivity contribution is 5.45. The topological polar surface area (TPSA) is 68.8 Å². The van der Waals surface area contributed by atoms with Gasteiger partial charge in [0.2, 0.25) is 0 Å². The second kappa shape index (κ2) is 4.29. The van der Waals surface area contributed by atoms with E-state index in [1.54, 1.807) is 10.9 Å². The van der Waals surface area contributed by atoms with Crippen molar-refractivity contribution in [2.45, 2.75) is 18.8 Å². The number of nitrogens with zero attached hydrogens (tertiary/aromatic N) is 4. The van der Waals surface area contributed by atoms with E-state index in [1.165, 1.54) is 6.42 Å². The van der Waals surface area contributed by atoms with Gasteiger partial charge in [0.05, 0.1) is 0 Å². The number of hydrogen-bond acceptors (Lipinski definition) is 5. The van der Waals surface area contributed by atoms with Gasteiger partial charge in [-0.2, -0.15) is 10.1 Å². The van der Waals surface area contributed by atoms with Gasteiger partial charge in [0.15, 0.2) is 5.82 Å². The lowest BCUT2D eigenvalue weighted by atomic mass is 9.99. The van der Waals surface area contributed by atoms with Crippen LogP contribution >= 0.6 is 0 Å². The van der Waals surface area contributed by atoms with Crippen LogP contribution in [0.25, 0.3) is 11.6 Å². The molecule has 6 nitrogen and oxygen atoms in total. The van der Waals surface area contributed by atoms with Gasteiger partial charge in [-0.1, -0.05) is 5.16 Å². The van der Waals surface area contributed by atoms with Crippen LogP contribution in [0.1, 0.15) is 24.6 Å². The molecule has 1 unspecified atom stereocenters. The summed E-state index contributed by atoms with van der Waals surface area (Å²) in [5.74, 6) is 1.72. The summed E-state index contributed by atoms with van der Waals surface area (Å²) in [7, 11) is 1.86. The second-order valence-electron chi connectivity index (χ2n) is 4.34. The third-order valence-electron chi connectivity index (χ3n) is 3.14. The van der Waals surface area contributed by atoms with Crippen LogP contribution < -0.4 is 5.32 Å². The fourth-order valence-electron chi connectivity index (χ4n) is 2.16. The van der Waals surface area contributed by atoms with Gasteiger partial charge in [-0.15, -0.1) is 0 Å². The van der Waals surface area contributed by atoms with Crippen molar-refractivity contribution in [3.63, 3.8) is 0 Å². The first kappa shape index (κ1) is 10.5. The molecule has 0 bridgehead atoms. The summed E-state index contributed by atoms with van der Waals surface area (Å²) in [6.07, 6.45) is 4.01. The molecule has 17 heavy (non-hydrogen) atoms. The van der Waals surface area contributed by atoms with Gasteiger partial charge in [-0.05, 0) is 25.5 Å². The van der Waals surface area contributed by atoms with Crippen molar-refractivity contribution in [1.82, 2.24) is 25.2 Å². The Hall–Kier alpha value is -1.69. The highest BCUT2D eigenvalue weighted by Gasteiger charge is 2.21.